The van der Waals surface area contributed by atoms with Crippen molar-refractivity contribution in [3.63, 3.8) is 0 Å². The van der Waals surface area contributed by atoms with Gasteiger partial charge in [0.05, 0.1) is 21.4 Å². The van der Waals surface area contributed by atoms with Crippen molar-refractivity contribution in [3.05, 3.63) is 77.4 Å². The summed E-state index contributed by atoms with van der Waals surface area (Å²) in [5.74, 6) is -0.256. The third-order valence-electron chi connectivity index (χ3n) is 4.11. The highest BCUT2D eigenvalue weighted by Crippen LogP contribution is 2.29. The molecule has 0 unspecified atom stereocenters. The van der Waals surface area contributed by atoms with E-state index in [2.05, 4.69) is 10.3 Å². The molecule has 1 heterocycles. The standard InChI is InChI=1S/C21H19ClN2O3S/c1-2-13-28(26,27)17-9-6-15(7-10-17)21(25)24-16-8-11-19(22)18(14-16)20-5-3-4-12-23-20/h3-12,14H,2,13H2,1H3,(H,24,25). The smallest absolute Gasteiger partial charge is 0.255 e. The van der Waals surface area contributed by atoms with Crippen LogP contribution in [-0.4, -0.2) is 25.1 Å². The number of aromatic nitrogens is 1. The lowest BCUT2D eigenvalue weighted by atomic mass is 10.1. The topological polar surface area (TPSA) is 76.1 Å². The van der Waals surface area contributed by atoms with Gasteiger partial charge >= 0.3 is 0 Å². The van der Waals surface area contributed by atoms with Gasteiger partial charge in [-0.1, -0.05) is 24.6 Å². The van der Waals surface area contributed by atoms with Crippen LogP contribution in [0.5, 0.6) is 0 Å². The third kappa shape index (κ3) is 4.58. The number of hydrogen-bond acceptors (Lipinski definition) is 4. The van der Waals surface area contributed by atoms with Crippen LogP contribution in [0.3, 0.4) is 0 Å². The molecule has 0 saturated heterocycles. The molecule has 5 nitrogen and oxygen atoms in total. The molecule has 7 heteroatoms. The van der Waals surface area contributed by atoms with Crippen molar-refractivity contribution in [1.82, 2.24) is 4.98 Å². The van der Waals surface area contributed by atoms with E-state index < -0.39 is 9.84 Å². The molecular weight excluding hydrogens is 396 g/mol. The summed E-state index contributed by atoms with van der Waals surface area (Å²) in [5.41, 5.74) is 2.35. The molecule has 144 valence electrons. The van der Waals surface area contributed by atoms with Crippen molar-refractivity contribution in [2.75, 3.05) is 11.1 Å². The highest BCUT2D eigenvalue weighted by atomic mass is 35.5. The number of benzene rings is 2. The zero-order valence-corrected chi connectivity index (χ0v) is 16.8. The molecule has 28 heavy (non-hydrogen) atoms. The Hall–Kier alpha value is -2.70. The predicted octanol–water partition coefficient (Wildman–Crippen LogP) is 4.84. The Kier molecular flexibility index (Phi) is 6.11. The van der Waals surface area contributed by atoms with E-state index >= 15 is 0 Å². The minimum Gasteiger partial charge on any atom is -0.322 e. The van der Waals surface area contributed by atoms with E-state index in [0.717, 1.165) is 0 Å². The number of nitrogens with one attached hydrogen (secondary N) is 1. The Morgan fingerprint density at radius 2 is 1.82 bits per heavy atom. The van der Waals surface area contributed by atoms with E-state index in [1.807, 2.05) is 25.1 Å². The van der Waals surface area contributed by atoms with Crippen molar-refractivity contribution >= 4 is 33.0 Å². The molecule has 0 aliphatic carbocycles. The number of sulfone groups is 1. The van der Waals surface area contributed by atoms with Crippen LogP contribution < -0.4 is 5.32 Å². The molecule has 0 atom stereocenters. The van der Waals surface area contributed by atoms with Crippen molar-refractivity contribution in [3.8, 4) is 11.3 Å². The van der Waals surface area contributed by atoms with Gasteiger partial charge in [-0.05, 0) is 61.0 Å². The second-order valence-electron chi connectivity index (χ2n) is 6.21. The number of hydrogen-bond donors (Lipinski definition) is 1. The molecule has 1 amide bonds. The van der Waals surface area contributed by atoms with E-state index in [1.165, 1.54) is 24.3 Å². The zero-order chi connectivity index (χ0) is 20.1. The summed E-state index contributed by atoms with van der Waals surface area (Å²) >= 11 is 6.26. The molecule has 3 aromatic rings. The highest BCUT2D eigenvalue weighted by molar-refractivity contribution is 7.91. The normalized spacial score (nSPS) is 11.2. The highest BCUT2D eigenvalue weighted by Gasteiger charge is 2.15. The first-order chi connectivity index (χ1) is 13.4. The monoisotopic (exact) mass is 414 g/mol. The van der Waals surface area contributed by atoms with Gasteiger partial charge in [-0.25, -0.2) is 8.42 Å². The summed E-state index contributed by atoms with van der Waals surface area (Å²) in [7, 11) is -3.31. The van der Waals surface area contributed by atoms with Gasteiger partial charge in [0.15, 0.2) is 9.84 Å². The Labute approximate surface area is 169 Å². The fraction of sp³-hybridized carbons (Fsp3) is 0.143. The Morgan fingerprint density at radius 3 is 2.46 bits per heavy atom. The second kappa shape index (κ2) is 8.54. The van der Waals surface area contributed by atoms with Crippen LogP contribution in [0, 0.1) is 0 Å². The molecule has 0 aliphatic rings. The average Bonchev–Trinajstić information content (AvgIpc) is 2.70. The lowest BCUT2D eigenvalue weighted by Crippen LogP contribution is -2.12. The first kappa shape index (κ1) is 20.0. The summed E-state index contributed by atoms with van der Waals surface area (Å²) in [4.78, 5) is 17.0. The maximum Gasteiger partial charge on any atom is 0.255 e. The number of halogens is 1. The van der Waals surface area contributed by atoms with Crippen LogP contribution in [0.4, 0.5) is 5.69 Å². The summed E-state index contributed by atoms with van der Waals surface area (Å²) in [6.07, 6.45) is 2.21. The first-order valence-electron chi connectivity index (χ1n) is 8.76. The molecule has 0 aliphatic heterocycles. The van der Waals surface area contributed by atoms with Crippen LogP contribution in [0.1, 0.15) is 23.7 Å². The first-order valence-corrected chi connectivity index (χ1v) is 10.8. The maximum absolute atomic E-state index is 12.5. The molecule has 3 rings (SSSR count). The van der Waals surface area contributed by atoms with Crippen LogP contribution in [-0.2, 0) is 9.84 Å². The number of rotatable bonds is 6. The van der Waals surface area contributed by atoms with Gasteiger partial charge in [-0.2, -0.15) is 0 Å². The minimum absolute atomic E-state index is 0.0830. The quantitative estimate of drug-likeness (QED) is 0.626. The SMILES string of the molecule is CCCS(=O)(=O)c1ccc(C(=O)Nc2ccc(Cl)c(-c3ccccn3)c2)cc1. The molecule has 1 N–H and O–H groups in total. The Balaban J connectivity index is 1.80. The lowest BCUT2D eigenvalue weighted by Gasteiger charge is -2.10. The minimum atomic E-state index is -3.31. The Bertz CT molecular complexity index is 1080. The van der Waals surface area contributed by atoms with Crippen LogP contribution in [0.25, 0.3) is 11.3 Å². The summed E-state index contributed by atoms with van der Waals surface area (Å²) < 4.78 is 24.2. The van der Waals surface area contributed by atoms with Crippen molar-refractivity contribution in [1.29, 1.82) is 0 Å². The van der Waals surface area contributed by atoms with E-state index in [4.69, 9.17) is 11.6 Å². The van der Waals surface area contributed by atoms with Crippen molar-refractivity contribution < 1.29 is 13.2 Å². The fourth-order valence-corrected chi connectivity index (χ4v) is 4.26. The average molecular weight is 415 g/mol. The van der Waals surface area contributed by atoms with E-state index in [0.29, 0.717) is 34.0 Å². The van der Waals surface area contributed by atoms with E-state index in [9.17, 15) is 13.2 Å². The van der Waals surface area contributed by atoms with E-state index in [-0.39, 0.29) is 16.6 Å². The maximum atomic E-state index is 12.5. The molecule has 0 fully saturated rings. The molecule has 0 bridgehead atoms. The van der Waals surface area contributed by atoms with Gasteiger partial charge in [0.25, 0.3) is 5.91 Å². The summed E-state index contributed by atoms with van der Waals surface area (Å²) in [6.45, 7) is 1.81. The summed E-state index contributed by atoms with van der Waals surface area (Å²) in [5, 5.41) is 3.33. The number of pyridine rings is 1. The number of carbonyl (C=O) groups is 1. The molecular formula is C21H19ClN2O3S. The molecule has 0 saturated carbocycles. The van der Waals surface area contributed by atoms with Gasteiger partial charge < -0.3 is 5.32 Å². The predicted molar refractivity (Wildman–Crippen MR) is 111 cm³/mol. The third-order valence-corrected chi connectivity index (χ3v) is 6.38. The van der Waals surface area contributed by atoms with Gasteiger partial charge in [0.1, 0.15) is 0 Å². The molecule has 1 aromatic heterocycles. The van der Waals surface area contributed by atoms with Crippen LogP contribution >= 0.6 is 11.6 Å². The number of carbonyl (C=O) groups excluding carboxylic acids is 1. The lowest BCUT2D eigenvalue weighted by molar-refractivity contribution is 0.102. The van der Waals surface area contributed by atoms with E-state index in [1.54, 1.807) is 24.4 Å². The van der Waals surface area contributed by atoms with Crippen LogP contribution in [0.2, 0.25) is 5.02 Å². The van der Waals surface area contributed by atoms with Gasteiger partial charge in [-0.3, -0.25) is 9.78 Å². The molecule has 0 radical (unpaired) electrons. The second-order valence-corrected chi connectivity index (χ2v) is 8.72. The summed E-state index contributed by atoms with van der Waals surface area (Å²) in [6, 6.07) is 16.6. The fourth-order valence-electron chi connectivity index (χ4n) is 2.72. The van der Waals surface area contributed by atoms with Crippen molar-refractivity contribution in [2.24, 2.45) is 0 Å². The molecule has 0 spiro atoms. The number of nitrogens with zero attached hydrogens (tertiary/aromatic N) is 1. The van der Waals surface area contributed by atoms with Gasteiger partial charge in [0, 0.05) is 23.0 Å². The Morgan fingerprint density at radius 1 is 1.07 bits per heavy atom. The van der Waals surface area contributed by atoms with Crippen molar-refractivity contribution in [2.45, 2.75) is 18.2 Å². The zero-order valence-electron chi connectivity index (χ0n) is 15.2. The number of amides is 1. The molecule has 2 aromatic carbocycles. The van der Waals surface area contributed by atoms with Gasteiger partial charge in [0.2, 0.25) is 0 Å². The van der Waals surface area contributed by atoms with Gasteiger partial charge in [-0.15, -0.1) is 0 Å². The number of anilines is 1. The largest absolute Gasteiger partial charge is 0.322 e. The van der Waals surface area contributed by atoms with Crippen LogP contribution in [0.15, 0.2) is 71.8 Å².